The minimum Gasteiger partial charge on any atom is -0.338 e. The number of halogens is 1. The van der Waals surface area contributed by atoms with Crippen molar-refractivity contribution in [3.8, 4) is 0 Å². The van der Waals surface area contributed by atoms with Gasteiger partial charge < -0.3 is 4.90 Å². The summed E-state index contributed by atoms with van der Waals surface area (Å²) in [4.78, 5) is 29.7. The molecule has 0 spiro atoms. The predicted molar refractivity (Wildman–Crippen MR) is 80.0 cm³/mol. The number of nitrogens with one attached hydrogen (secondary N) is 2. The first-order chi connectivity index (χ1) is 10.6. The fourth-order valence-electron chi connectivity index (χ4n) is 2.40. The number of nitrogens with zero attached hydrogens (tertiary/aromatic N) is 3. The summed E-state index contributed by atoms with van der Waals surface area (Å²) in [5.74, 6) is -0.366. The van der Waals surface area contributed by atoms with Crippen LogP contribution in [0.15, 0.2) is 30.6 Å². The van der Waals surface area contributed by atoms with E-state index in [0.29, 0.717) is 18.1 Å². The molecule has 2 amide bonds. The number of amides is 2. The minimum atomic E-state index is -0.384. The van der Waals surface area contributed by atoms with Crippen LogP contribution in [0.25, 0.3) is 0 Å². The van der Waals surface area contributed by atoms with Crippen LogP contribution in [0.4, 0.5) is 5.95 Å². The normalized spacial score (nSPS) is 17.8. The van der Waals surface area contributed by atoms with Gasteiger partial charge in [0.25, 0.3) is 0 Å². The number of hydrogen-bond acceptors (Lipinski definition) is 4. The molecule has 8 heteroatoms. The van der Waals surface area contributed by atoms with E-state index < -0.39 is 0 Å². The van der Waals surface area contributed by atoms with Crippen LogP contribution in [0.2, 0.25) is 5.02 Å². The Morgan fingerprint density at radius 2 is 2.18 bits per heavy atom. The molecule has 0 bridgehead atoms. The number of carbonyl (C=O) groups excluding carboxylic acids is 2. The number of hydrogen-bond donors (Lipinski definition) is 2. The van der Waals surface area contributed by atoms with Crippen molar-refractivity contribution in [2.75, 3.05) is 11.9 Å². The van der Waals surface area contributed by atoms with Crippen LogP contribution in [0.5, 0.6) is 0 Å². The van der Waals surface area contributed by atoms with Crippen LogP contribution in [0.3, 0.4) is 0 Å². The van der Waals surface area contributed by atoms with Gasteiger partial charge in [-0.1, -0.05) is 23.7 Å². The second kappa shape index (κ2) is 6.15. The summed E-state index contributed by atoms with van der Waals surface area (Å²) in [6.07, 6.45) is 1.51. The first kappa shape index (κ1) is 14.5. The lowest BCUT2D eigenvalue weighted by molar-refractivity contribution is -0.128. The van der Waals surface area contributed by atoms with Crippen molar-refractivity contribution in [2.24, 2.45) is 5.92 Å². The summed E-state index contributed by atoms with van der Waals surface area (Å²) in [5.41, 5.74) is 0.981. The van der Waals surface area contributed by atoms with Gasteiger partial charge in [0.05, 0.1) is 5.92 Å². The van der Waals surface area contributed by atoms with Gasteiger partial charge >= 0.3 is 0 Å². The van der Waals surface area contributed by atoms with E-state index in [9.17, 15) is 9.59 Å². The summed E-state index contributed by atoms with van der Waals surface area (Å²) in [6, 6.07) is 7.31. The highest BCUT2D eigenvalue weighted by Gasteiger charge is 2.34. The third-order valence-corrected chi connectivity index (χ3v) is 3.78. The fourth-order valence-corrected chi connectivity index (χ4v) is 2.52. The Bertz CT molecular complexity index is 671. The molecule has 2 N–H and O–H groups in total. The van der Waals surface area contributed by atoms with Crippen LogP contribution >= 0.6 is 11.6 Å². The van der Waals surface area contributed by atoms with Crippen molar-refractivity contribution < 1.29 is 9.59 Å². The third-order valence-electron chi connectivity index (χ3n) is 3.53. The van der Waals surface area contributed by atoms with Gasteiger partial charge in [-0.25, -0.2) is 5.10 Å². The maximum absolute atomic E-state index is 12.1. The van der Waals surface area contributed by atoms with Gasteiger partial charge in [-0.15, -0.1) is 0 Å². The Morgan fingerprint density at radius 1 is 1.41 bits per heavy atom. The topological polar surface area (TPSA) is 91.0 Å². The summed E-state index contributed by atoms with van der Waals surface area (Å²) < 4.78 is 0. The van der Waals surface area contributed by atoms with Crippen molar-refractivity contribution in [3.05, 3.63) is 41.2 Å². The van der Waals surface area contributed by atoms with Gasteiger partial charge in [0.15, 0.2) is 0 Å². The number of aromatic amines is 1. The molecule has 1 fully saturated rings. The summed E-state index contributed by atoms with van der Waals surface area (Å²) in [7, 11) is 0. The molecule has 3 rings (SSSR count). The van der Waals surface area contributed by atoms with Crippen molar-refractivity contribution in [1.82, 2.24) is 20.1 Å². The number of rotatable bonds is 4. The summed E-state index contributed by atoms with van der Waals surface area (Å²) in [6.45, 7) is 0.865. The second-order valence-electron chi connectivity index (χ2n) is 5.13. The number of benzene rings is 1. The van der Waals surface area contributed by atoms with Crippen LogP contribution in [0.1, 0.15) is 12.0 Å². The van der Waals surface area contributed by atoms with Gasteiger partial charge in [-0.2, -0.15) is 10.1 Å². The zero-order valence-electron chi connectivity index (χ0n) is 11.6. The average Bonchev–Trinajstić information content (AvgIpc) is 3.12. The molecule has 1 unspecified atom stereocenters. The Morgan fingerprint density at radius 3 is 2.86 bits per heavy atom. The molecule has 7 nitrogen and oxygen atoms in total. The fraction of sp³-hybridized carbons (Fsp3) is 0.286. The standard InChI is InChI=1S/C14H14ClN5O2/c15-11-3-1-9(2-4-11)6-20-7-10(5-12(20)21)13(22)18-14-16-8-17-19-14/h1-4,8,10H,5-7H2,(H2,16,17,18,19,22). The molecule has 1 aliphatic heterocycles. The lowest BCUT2D eigenvalue weighted by Gasteiger charge is -2.16. The molecular weight excluding hydrogens is 306 g/mol. The van der Waals surface area contributed by atoms with E-state index in [1.54, 1.807) is 17.0 Å². The van der Waals surface area contributed by atoms with E-state index in [0.717, 1.165) is 5.56 Å². The smallest absolute Gasteiger partial charge is 0.232 e. The molecule has 22 heavy (non-hydrogen) atoms. The molecule has 114 valence electrons. The highest BCUT2D eigenvalue weighted by Crippen LogP contribution is 2.22. The van der Waals surface area contributed by atoms with Gasteiger partial charge in [0.2, 0.25) is 17.8 Å². The van der Waals surface area contributed by atoms with Crippen LogP contribution < -0.4 is 5.32 Å². The van der Waals surface area contributed by atoms with Crippen LogP contribution in [-0.2, 0) is 16.1 Å². The lowest BCUT2D eigenvalue weighted by atomic mass is 10.1. The minimum absolute atomic E-state index is 0.0346. The third kappa shape index (κ3) is 3.25. The van der Waals surface area contributed by atoms with E-state index in [4.69, 9.17) is 11.6 Å². The monoisotopic (exact) mass is 319 g/mol. The molecule has 1 aromatic carbocycles. The zero-order chi connectivity index (χ0) is 15.5. The van der Waals surface area contributed by atoms with E-state index in [1.165, 1.54) is 6.33 Å². The quantitative estimate of drug-likeness (QED) is 0.892. The molecule has 0 aliphatic carbocycles. The average molecular weight is 320 g/mol. The Hall–Kier alpha value is -2.41. The Labute approximate surface area is 131 Å². The van der Waals surface area contributed by atoms with Crippen molar-refractivity contribution >= 4 is 29.4 Å². The second-order valence-corrected chi connectivity index (χ2v) is 5.56. The predicted octanol–water partition coefficient (Wildman–Crippen LogP) is 1.45. The molecule has 0 saturated carbocycles. The number of H-pyrrole nitrogens is 1. The van der Waals surface area contributed by atoms with E-state index in [1.807, 2.05) is 12.1 Å². The largest absolute Gasteiger partial charge is 0.338 e. The number of anilines is 1. The van der Waals surface area contributed by atoms with Gasteiger partial charge in [0, 0.05) is 24.5 Å². The molecular formula is C14H14ClN5O2. The van der Waals surface area contributed by atoms with E-state index in [2.05, 4.69) is 20.5 Å². The summed E-state index contributed by atoms with van der Waals surface area (Å²) >= 11 is 5.84. The molecule has 0 radical (unpaired) electrons. The maximum atomic E-state index is 12.1. The highest BCUT2D eigenvalue weighted by atomic mass is 35.5. The zero-order valence-corrected chi connectivity index (χ0v) is 12.4. The number of likely N-dealkylation sites (tertiary alicyclic amines) is 1. The van der Waals surface area contributed by atoms with Gasteiger partial charge in [0.1, 0.15) is 6.33 Å². The first-order valence-electron chi connectivity index (χ1n) is 6.80. The molecule has 1 aromatic heterocycles. The van der Waals surface area contributed by atoms with Gasteiger partial charge in [-0.05, 0) is 17.7 Å². The lowest BCUT2D eigenvalue weighted by Crippen LogP contribution is -2.28. The van der Waals surface area contributed by atoms with Crippen LogP contribution in [0, 0.1) is 5.92 Å². The maximum Gasteiger partial charge on any atom is 0.232 e. The highest BCUT2D eigenvalue weighted by molar-refractivity contribution is 6.30. The SMILES string of the molecule is O=C(Nc1ncn[nH]1)C1CC(=O)N(Cc2ccc(Cl)cc2)C1. The number of carbonyl (C=O) groups is 2. The first-order valence-corrected chi connectivity index (χ1v) is 7.18. The van der Waals surface area contributed by atoms with E-state index >= 15 is 0 Å². The number of aromatic nitrogens is 3. The summed E-state index contributed by atoms with van der Waals surface area (Å²) in [5, 5.41) is 9.48. The van der Waals surface area contributed by atoms with Crippen molar-refractivity contribution in [3.63, 3.8) is 0 Å². The van der Waals surface area contributed by atoms with Crippen molar-refractivity contribution in [2.45, 2.75) is 13.0 Å². The van der Waals surface area contributed by atoms with Gasteiger partial charge in [-0.3, -0.25) is 14.9 Å². The Balaban J connectivity index is 1.60. The molecule has 1 atom stereocenters. The van der Waals surface area contributed by atoms with Crippen LogP contribution in [-0.4, -0.2) is 38.4 Å². The Kier molecular flexibility index (Phi) is 4.06. The van der Waals surface area contributed by atoms with E-state index in [-0.39, 0.29) is 30.1 Å². The molecule has 2 aromatic rings. The van der Waals surface area contributed by atoms with Crippen molar-refractivity contribution in [1.29, 1.82) is 0 Å². The molecule has 1 saturated heterocycles. The molecule has 2 heterocycles. The molecule has 1 aliphatic rings.